The summed E-state index contributed by atoms with van der Waals surface area (Å²) in [5.41, 5.74) is -3.15. The third-order valence-corrected chi connectivity index (χ3v) is 5.49. The smallest absolute Gasteiger partial charge is 0.436 e. The SMILES string of the molecule is [2H]C([2H])([2H])Oc1nc(C(F)(F)F)c(F)cc1NS(=O)(=O)c1c[nH]c2c1CCC(F)(F)C2. The predicted molar refractivity (Wildman–Crippen MR) is 84.3 cm³/mol. The maximum absolute atomic E-state index is 13.9. The topological polar surface area (TPSA) is 84.1 Å². The van der Waals surface area contributed by atoms with E-state index >= 15 is 0 Å². The number of aromatic nitrogens is 2. The molecule has 2 heterocycles. The molecule has 0 saturated carbocycles. The summed E-state index contributed by atoms with van der Waals surface area (Å²) >= 11 is 0. The van der Waals surface area contributed by atoms with Gasteiger partial charge in [-0.2, -0.15) is 13.2 Å². The van der Waals surface area contributed by atoms with Crippen molar-refractivity contribution in [2.24, 2.45) is 0 Å². The highest BCUT2D eigenvalue weighted by Crippen LogP contribution is 2.38. The normalized spacial score (nSPS) is 18.6. The molecule has 0 aromatic carbocycles. The van der Waals surface area contributed by atoms with Gasteiger partial charge >= 0.3 is 6.18 Å². The molecular formula is C15H13F6N3O3S. The number of rotatable bonds is 4. The van der Waals surface area contributed by atoms with Gasteiger partial charge in [0, 0.05) is 24.4 Å². The Balaban J connectivity index is 2.04. The summed E-state index contributed by atoms with van der Waals surface area (Å²) in [6, 6.07) is 0.0711. The number of alkyl halides is 5. The molecule has 1 aliphatic rings. The fraction of sp³-hybridized carbons (Fsp3) is 0.400. The lowest BCUT2D eigenvalue weighted by Gasteiger charge is -2.22. The molecule has 0 spiro atoms. The van der Waals surface area contributed by atoms with Gasteiger partial charge in [0.05, 0.1) is 17.6 Å². The molecule has 0 saturated heterocycles. The zero-order chi connectivity index (χ0) is 23.4. The molecule has 2 N–H and O–H groups in total. The minimum absolute atomic E-state index is 0.0251. The number of methoxy groups -OCH3 is 1. The highest BCUT2D eigenvalue weighted by atomic mass is 32.2. The molecule has 13 heteroatoms. The summed E-state index contributed by atoms with van der Waals surface area (Å²) in [6.45, 7) is 0. The first-order valence-electron chi connectivity index (χ1n) is 9.05. The van der Waals surface area contributed by atoms with Crippen LogP contribution in [0.25, 0.3) is 0 Å². The van der Waals surface area contributed by atoms with E-state index in [1.165, 1.54) is 0 Å². The van der Waals surface area contributed by atoms with E-state index in [0.29, 0.717) is 0 Å². The zero-order valence-corrected chi connectivity index (χ0v) is 14.4. The van der Waals surface area contributed by atoms with Crippen LogP contribution in [0.3, 0.4) is 0 Å². The van der Waals surface area contributed by atoms with Crippen LogP contribution in [0.4, 0.5) is 32.0 Å². The van der Waals surface area contributed by atoms with Gasteiger partial charge in [-0.3, -0.25) is 4.72 Å². The van der Waals surface area contributed by atoms with E-state index in [1.54, 1.807) is 4.72 Å². The van der Waals surface area contributed by atoms with Crippen molar-refractivity contribution < 1.29 is 43.6 Å². The van der Waals surface area contributed by atoms with Gasteiger partial charge in [-0.05, 0) is 12.0 Å². The molecule has 0 radical (unpaired) electrons. The monoisotopic (exact) mass is 432 g/mol. The van der Waals surface area contributed by atoms with Gasteiger partial charge in [-0.15, -0.1) is 0 Å². The van der Waals surface area contributed by atoms with Crippen LogP contribution < -0.4 is 9.46 Å². The van der Waals surface area contributed by atoms with Gasteiger partial charge in [0.1, 0.15) is 10.6 Å². The molecule has 1 aliphatic carbocycles. The lowest BCUT2D eigenvalue weighted by atomic mass is 9.95. The average molecular weight is 432 g/mol. The standard InChI is InChI=1S/C15H13F6N3O3S/c1-27-13-9(4-8(16)12(23-13)15(19,20)21)24-28(25,26)11-6-22-10-5-14(17,18)3-2-7(10)11/h4,6,22,24H,2-3,5H2,1H3/i1D3. The number of ether oxygens (including phenoxy) is 1. The van der Waals surface area contributed by atoms with Gasteiger partial charge in [0.15, 0.2) is 11.5 Å². The number of pyridine rings is 1. The summed E-state index contributed by atoms with van der Waals surface area (Å²) in [5, 5.41) is 0. The second kappa shape index (κ2) is 6.57. The maximum atomic E-state index is 13.9. The first-order chi connectivity index (χ1) is 14.0. The van der Waals surface area contributed by atoms with Crippen LogP contribution in [-0.4, -0.2) is 31.3 Å². The number of nitrogens with one attached hydrogen (secondary N) is 2. The van der Waals surface area contributed by atoms with Crippen LogP contribution in [0.15, 0.2) is 17.2 Å². The highest BCUT2D eigenvalue weighted by molar-refractivity contribution is 7.92. The van der Waals surface area contributed by atoms with Crippen molar-refractivity contribution in [2.45, 2.75) is 36.3 Å². The van der Waals surface area contributed by atoms with Crippen LogP contribution in [0, 0.1) is 5.82 Å². The van der Waals surface area contributed by atoms with Crippen molar-refractivity contribution in [3.63, 3.8) is 0 Å². The molecule has 154 valence electrons. The third-order valence-electron chi connectivity index (χ3n) is 4.06. The number of sulfonamides is 1. The molecule has 3 rings (SSSR count). The number of halogens is 6. The number of aromatic amines is 1. The Morgan fingerprint density at radius 2 is 2.11 bits per heavy atom. The average Bonchev–Trinajstić information content (AvgIpc) is 2.97. The van der Waals surface area contributed by atoms with Crippen LogP contribution in [0.1, 0.15) is 27.5 Å². The molecule has 2 aromatic rings. The second-order valence-electron chi connectivity index (χ2n) is 6.02. The Morgan fingerprint density at radius 1 is 1.39 bits per heavy atom. The van der Waals surface area contributed by atoms with Crippen LogP contribution in [0.2, 0.25) is 0 Å². The largest absolute Gasteiger partial charge is 0.479 e. The number of hydrogen-bond acceptors (Lipinski definition) is 4. The summed E-state index contributed by atoms with van der Waals surface area (Å²) in [7, 11) is -8.01. The first-order valence-corrected chi connectivity index (χ1v) is 9.03. The fourth-order valence-corrected chi connectivity index (χ4v) is 4.13. The summed E-state index contributed by atoms with van der Waals surface area (Å²) in [4.78, 5) is 4.69. The van der Waals surface area contributed by atoms with Crippen LogP contribution in [0.5, 0.6) is 5.88 Å². The summed E-state index contributed by atoms with van der Waals surface area (Å²) in [6.07, 6.45) is -6.13. The Kier molecular flexibility index (Phi) is 3.87. The molecule has 6 nitrogen and oxygen atoms in total. The Bertz CT molecular complexity index is 1120. The molecule has 0 amide bonds. The molecule has 2 aromatic heterocycles. The Morgan fingerprint density at radius 3 is 2.75 bits per heavy atom. The number of H-pyrrole nitrogens is 1. The lowest BCUT2D eigenvalue weighted by Crippen LogP contribution is -2.26. The number of anilines is 1. The molecule has 0 atom stereocenters. The molecular weight excluding hydrogens is 416 g/mol. The Hall–Kier alpha value is -2.44. The molecule has 0 aliphatic heterocycles. The third kappa shape index (κ3) is 3.75. The number of fused-ring (bicyclic) bond motifs is 1. The van der Waals surface area contributed by atoms with Crippen molar-refractivity contribution in [3.05, 3.63) is 35.0 Å². The van der Waals surface area contributed by atoms with E-state index in [9.17, 15) is 34.8 Å². The predicted octanol–water partition coefficient (Wildman–Crippen LogP) is 3.50. The molecule has 0 unspecified atom stereocenters. The second-order valence-corrected chi connectivity index (χ2v) is 7.67. The quantitative estimate of drug-likeness (QED) is 0.725. The first kappa shape index (κ1) is 16.5. The maximum Gasteiger partial charge on any atom is 0.436 e. The van der Waals surface area contributed by atoms with E-state index < -0.39 is 70.0 Å². The van der Waals surface area contributed by atoms with E-state index in [4.69, 9.17) is 4.11 Å². The van der Waals surface area contributed by atoms with Crippen molar-refractivity contribution in [1.82, 2.24) is 9.97 Å². The van der Waals surface area contributed by atoms with Crippen molar-refractivity contribution in [3.8, 4) is 5.88 Å². The highest BCUT2D eigenvalue weighted by Gasteiger charge is 2.39. The summed E-state index contributed by atoms with van der Waals surface area (Å²) in [5.74, 6) is -6.37. The van der Waals surface area contributed by atoms with Gasteiger partial charge in [-0.1, -0.05) is 0 Å². The van der Waals surface area contributed by atoms with E-state index in [1.807, 2.05) is 0 Å². The van der Waals surface area contributed by atoms with Crippen molar-refractivity contribution in [1.29, 1.82) is 0 Å². The fourth-order valence-electron chi connectivity index (χ4n) is 2.82. The number of hydrogen-bond donors (Lipinski definition) is 2. The van der Waals surface area contributed by atoms with E-state index in [-0.39, 0.29) is 23.7 Å². The molecule has 28 heavy (non-hydrogen) atoms. The van der Waals surface area contributed by atoms with Crippen molar-refractivity contribution >= 4 is 15.7 Å². The van der Waals surface area contributed by atoms with E-state index in [0.717, 1.165) is 6.20 Å². The summed E-state index contributed by atoms with van der Waals surface area (Å²) < 4.78 is 132. The zero-order valence-electron chi connectivity index (χ0n) is 16.6. The molecule has 0 bridgehead atoms. The van der Waals surface area contributed by atoms with Crippen LogP contribution >= 0.6 is 0 Å². The minimum Gasteiger partial charge on any atom is -0.479 e. The van der Waals surface area contributed by atoms with Gasteiger partial charge in [0.25, 0.3) is 15.9 Å². The van der Waals surface area contributed by atoms with Crippen molar-refractivity contribution in [2.75, 3.05) is 11.8 Å². The van der Waals surface area contributed by atoms with Gasteiger partial charge < -0.3 is 9.72 Å². The molecule has 0 fully saturated rings. The number of nitrogens with zero attached hydrogens (tertiary/aromatic N) is 1. The van der Waals surface area contributed by atoms with Gasteiger partial charge in [-0.25, -0.2) is 26.6 Å². The Labute approximate surface area is 159 Å². The van der Waals surface area contributed by atoms with Crippen LogP contribution in [-0.2, 0) is 29.0 Å². The van der Waals surface area contributed by atoms with E-state index in [2.05, 4.69) is 14.7 Å². The van der Waals surface area contributed by atoms with Gasteiger partial charge in [0.2, 0.25) is 5.88 Å². The lowest BCUT2D eigenvalue weighted by molar-refractivity contribution is -0.143. The minimum atomic E-state index is -5.32.